The van der Waals surface area contributed by atoms with Crippen molar-refractivity contribution in [1.29, 1.82) is 0 Å². The Morgan fingerprint density at radius 2 is 2.13 bits per heavy atom. The molecule has 0 rings (SSSR count). The first kappa shape index (κ1) is 14.0. The van der Waals surface area contributed by atoms with E-state index in [1.807, 2.05) is 6.08 Å². The van der Waals surface area contributed by atoms with Crippen LogP contribution in [0, 0.1) is 5.92 Å². The summed E-state index contributed by atoms with van der Waals surface area (Å²) in [5.74, 6) is 0.430. The molecule has 0 aliphatic heterocycles. The summed E-state index contributed by atoms with van der Waals surface area (Å²) >= 11 is 0. The van der Waals surface area contributed by atoms with E-state index in [-0.39, 0.29) is 0 Å². The molecule has 0 nitrogen and oxygen atoms in total. The minimum Gasteiger partial charge on any atom is -0.132 e. The predicted molar refractivity (Wildman–Crippen MR) is 69.9 cm³/mol. The normalized spacial score (nSPS) is 14.7. The molecule has 84 valence electrons. The van der Waals surface area contributed by atoms with E-state index in [0.717, 1.165) is 0 Å². The second-order valence-electron chi connectivity index (χ2n) is 4.00. The van der Waals surface area contributed by atoms with Gasteiger partial charge in [-0.05, 0) is 44.3 Å². The van der Waals surface area contributed by atoms with Gasteiger partial charge in [0.25, 0.3) is 0 Å². The summed E-state index contributed by atoms with van der Waals surface area (Å²) in [6.07, 6.45) is 10.2. The SMILES string of the molecule is C=C=CC(C)C=C(C)C(=CC)CCCC. The minimum atomic E-state index is 0.430. The molecule has 0 aromatic heterocycles. The second kappa shape index (κ2) is 8.32. The Bertz CT molecular complexity index is 272. The van der Waals surface area contributed by atoms with Crippen LogP contribution in [-0.2, 0) is 0 Å². The molecule has 0 saturated carbocycles. The van der Waals surface area contributed by atoms with E-state index < -0.39 is 0 Å². The third-order valence-corrected chi connectivity index (χ3v) is 2.55. The zero-order valence-corrected chi connectivity index (χ0v) is 10.6. The summed E-state index contributed by atoms with van der Waals surface area (Å²) in [6, 6.07) is 0. The molecule has 0 bridgehead atoms. The van der Waals surface area contributed by atoms with Crippen molar-refractivity contribution in [3.05, 3.63) is 41.7 Å². The summed E-state index contributed by atoms with van der Waals surface area (Å²) in [5.41, 5.74) is 5.70. The highest BCUT2D eigenvalue weighted by Crippen LogP contribution is 2.18. The van der Waals surface area contributed by atoms with Crippen molar-refractivity contribution < 1.29 is 0 Å². The molecule has 0 aliphatic rings. The monoisotopic (exact) mass is 204 g/mol. The summed E-state index contributed by atoms with van der Waals surface area (Å²) in [5, 5.41) is 0. The molecule has 15 heavy (non-hydrogen) atoms. The molecule has 0 aliphatic carbocycles. The predicted octanol–water partition coefficient (Wildman–Crippen LogP) is 5.05. The molecule has 0 spiro atoms. The van der Waals surface area contributed by atoms with Crippen LogP contribution in [0.4, 0.5) is 0 Å². The summed E-state index contributed by atoms with van der Waals surface area (Å²) in [7, 11) is 0. The van der Waals surface area contributed by atoms with Gasteiger partial charge in [-0.2, -0.15) is 0 Å². The molecule has 1 unspecified atom stereocenters. The number of unbranched alkanes of at least 4 members (excludes halogenated alkanes) is 1. The lowest BCUT2D eigenvalue weighted by Crippen LogP contribution is -1.90. The van der Waals surface area contributed by atoms with E-state index >= 15 is 0 Å². The topological polar surface area (TPSA) is 0 Å². The van der Waals surface area contributed by atoms with Crippen LogP contribution in [0.25, 0.3) is 0 Å². The highest BCUT2D eigenvalue weighted by Gasteiger charge is 2.00. The molecule has 0 heterocycles. The highest BCUT2D eigenvalue weighted by molar-refractivity contribution is 5.29. The molecule has 0 N–H and O–H groups in total. The quantitative estimate of drug-likeness (QED) is 0.419. The van der Waals surface area contributed by atoms with Crippen LogP contribution in [0.3, 0.4) is 0 Å². The average molecular weight is 204 g/mol. The van der Waals surface area contributed by atoms with Crippen molar-refractivity contribution in [2.45, 2.75) is 47.0 Å². The van der Waals surface area contributed by atoms with Crippen LogP contribution in [0.2, 0.25) is 0 Å². The second-order valence-corrected chi connectivity index (χ2v) is 4.00. The number of hydrogen-bond donors (Lipinski definition) is 0. The van der Waals surface area contributed by atoms with Gasteiger partial charge < -0.3 is 0 Å². The number of allylic oxidation sites excluding steroid dienone is 5. The lowest BCUT2D eigenvalue weighted by atomic mass is 9.98. The van der Waals surface area contributed by atoms with Crippen LogP contribution < -0.4 is 0 Å². The van der Waals surface area contributed by atoms with Gasteiger partial charge in [-0.1, -0.05) is 44.6 Å². The van der Waals surface area contributed by atoms with Crippen molar-refractivity contribution in [2.75, 3.05) is 0 Å². The molecule has 0 aromatic carbocycles. The van der Waals surface area contributed by atoms with E-state index in [9.17, 15) is 0 Å². The lowest BCUT2D eigenvalue weighted by molar-refractivity contribution is 0.787. The van der Waals surface area contributed by atoms with Crippen LogP contribution >= 0.6 is 0 Å². The summed E-state index contributed by atoms with van der Waals surface area (Å²) < 4.78 is 0. The number of hydrogen-bond acceptors (Lipinski definition) is 0. The van der Waals surface area contributed by atoms with Crippen LogP contribution in [0.5, 0.6) is 0 Å². The van der Waals surface area contributed by atoms with E-state index in [1.165, 1.54) is 30.4 Å². The fourth-order valence-electron chi connectivity index (χ4n) is 1.67. The highest BCUT2D eigenvalue weighted by atomic mass is 14.1. The molecule has 0 radical (unpaired) electrons. The average Bonchev–Trinajstić information content (AvgIpc) is 2.19. The van der Waals surface area contributed by atoms with Crippen LogP contribution in [0.15, 0.2) is 41.7 Å². The van der Waals surface area contributed by atoms with Gasteiger partial charge >= 0.3 is 0 Å². The van der Waals surface area contributed by atoms with Crippen molar-refractivity contribution in [1.82, 2.24) is 0 Å². The molecule has 0 saturated heterocycles. The van der Waals surface area contributed by atoms with Crippen LogP contribution in [-0.4, -0.2) is 0 Å². The first-order valence-electron chi connectivity index (χ1n) is 5.85. The molecular weight excluding hydrogens is 180 g/mol. The third-order valence-electron chi connectivity index (χ3n) is 2.55. The first-order valence-corrected chi connectivity index (χ1v) is 5.85. The Morgan fingerprint density at radius 1 is 1.47 bits per heavy atom. The van der Waals surface area contributed by atoms with E-state index in [2.05, 4.69) is 52.2 Å². The molecule has 0 heteroatoms. The summed E-state index contributed by atoms with van der Waals surface area (Å²) in [6.45, 7) is 12.3. The van der Waals surface area contributed by atoms with Crippen LogP contribution in [0.1, 0.15) is 47.0 Å². The standard InChI is InChI=1S/C15H24/c1-6-9-11-15(8-3)14(5)12-13(4)10-7-2/h8,10,12-13H,2,6,9,11H2,1,3-5H3. The summed E-state index contributed by atoms with van der Waals surface area (Å²) in [4.78, 5) is 0. The maximum atomic E-state index is 3.60. The van der Waals surface area contributed by atoms with Crippen molar-refractivity contribution >= 4 is 0 Å². The van der Waals surface area contributed by atoms with Crippen molar-refractivity contribution in [3.63, 3.8) is 0 Å². The van der Waals surface area contributed by atoms with Gasteiger partial charge in [0.1, 0.15) is 0 Å². The largest absolute Gasteiger partial charge is 0.132 e. The Kier molecular flexibility index (Phi) is 7.77. The van der Waals surface area contributed by atoms with Gasteiger partial charge in [-0.15, -0.1) is 5.73 Å². The number of rotatable bonds is 6. The Hall–Kier alpha value is -1.00. The van der Waals surface area contributed by atoms with E-state index in [0.29, 0.717) is 5.92 Å². The Morgan fingerprint density at radius 3 is 2.60 bits per heavy atom. The van der Waals surface area contributed by atoms with Gasteiger partial charge in [0, 0.05) is 0 Å². The van der Waals surface area contributed by atoms with Crippen molar-refractivity contribution in [2.24, 2.45) is 5.92 Å². The van der Waals surface area contributed by atoms with Gasteiger partial charge in [-0.3, -0.25) is 0 Å². The van der Waals surface area contributed by atoms with Crippen molar-refractivity contribution in [3.8, 4) is 0 Å². The van der Waals surface area contributed by atoms with E-state index in [1.54, 1.807) is 0 Å². The van der Waals surface area contributed by atoms with Gasteiger partial charge in [-0.25, -0.2) is 0 Å². The zero-order valence-electron chi connectivity index (χ0n) is 10.6. The van der Waals surface area contributed by atoms with Gasteiger partial charge in [0.15, 0.2) is 0 Å². The maximum Gasteiger partial charge on any atom is -0.0000331 e. The Balaban J connectivity index is 4.50. The minimum absolute atomic E-state index is 0.430. The molecule has 0 amide bonds. The fourth-order valence-corrected chi connectivity index (χ4v) is 1.67. The van der Waals surface area contributed by atoms with Gasteiger partial charge in [0.2, 0.25) is 0 Å². The van der Waals surface area contributed by atoms with E-state index in [4.69, 9.17) is 0 Å². The molecule has 0 fully saturated rings. The molecule has 1 atom stereocenters. The van der Waals surface area contributed by atoms with Gasteiger partial charge in [0.05, 0.1) is 0 Å². The first-order chi connectivity index (χ1) is 7.15. The third kappa shape index (κ3) is 6.14. The molecule has 0 aromatic rings. The molecular formula is C15H24. The maximum absolute atomic E-state index is 3.60. The smallest absolute Gasteiger partial charge is 0.0000331 e. The lowest BCUT2D eigenvalue weighted by Gasteiger charge is -2.08. The Labute approximate surface area is 95.1 Å². The zero-order chi connectivity index (χ0) is 11.7. The fraction of sp³-hybridized carbons (Fsp3) is 0.533.